The van der Waals surface area contributed by atoms with Gasteiger partial charge in [0.2, 0.25) is 5.91 Å². The van der Waals surface area contributed by atoms with E-state index in [1.807, 2.05) is 0 Å². The Bertz CT molecular complexity index is 948. The number of carbonyl (C=O) groups is 1. The van der Waals surface area contributed by atoms with E-state index in [0.717, 1.165) is 0 Å². The number of hydrogen-bond donors (Lipinski definition) is 2. The number of carbonyl (C=O) groups excluding carboxylic acids is 1. The van der Waals surface area contributed by atoms with Crippen LogP contribution in [0.2, 0.25) is 0 Å². The minimum Gasteiger partial charge on any atom is -0.383 e. The smallest absolute Gasteiger partial charge is 0.383 e. The van der Waals surface area contributed by atoms with E-state index in [2.05, 4.69) is 4.98 Å². The van der Waals surface area contributed by atoms with Gasteiger partial charge >= 0.3 is 6.18 Å². The van der Waals surface area contributed by atoms with Gasteiger partial charge < -0.3 is 11.5 Å². The van der Waals surface area contributed by atoms with E-state index < -0.39 is 46.3 Å². The van der Waals surface area contributed by atoms with E-state index in [9.17, 15) is 23.2 Å². The molecule has 1 atom stereocenters. The fraction of sp³-hybridized carbons (Fsp3) is 0.176. The van der Waals surface area contributed by atoms with Crippen molar-refractivity contribution in [1.82, 2.24) is 4.98 Å². The predicted octanol–water partition coefficient (Wildman–Crippen LogP) is 2.83. The number of benzene rings is 1. The van der Waals surface area contributed by atoms with Crippen LogP contribution >= 0.6 is 11.8 Å². The molecule has 0 bridgehead atoms. The van der Waals surface area contributed by atoms with Crippen LogP contribution in [0, 0.1) is 22.7 Å². The molecule has 6 nitrogen and oxygen atoms in total. The first-order valence-electron chi connectivity index (χ1n) is 7.38. The second-order valence-corrected chi connectivity index (χ2v) is 6.45. The zero-order valence-electron chi connectivity index (χ0n) is 13.6. The molecule has 0 radical (unpaired) electrons. The van der Waals surface area contributed by atoms with E-state index in [-0.39, 0.29) is 5.03 Å². The number of primary amides is 1. The molecular weight excluding hydrogens is 379 g/mol. The molecule has 0 spiro atoms. The lowest BCUT2D eigenvalue weighted by Gasteiger charge is -2.17. The number of nitriles is 2. The molecule has 0 aliphatic carbocycles. The molecule has 0 aliphatic rings. The molecule has 0 aliphatic heterocycles. The SMILES string of the molecule is N#Cc1c(N)nc(SC(C(N)=O)c2ccccc2)c(C#N)c1CC(F)(F)F. The maximum Gasteiger partial charge on any atom is 0.393 e. The summed E-state index contributed by atoms with van der Waals surface area (Å²) in [6, 6.07) is 11.5. The van der Waals surface area contributed by atoms with Gasteiger partial charge in [0.05, 0.1) is 17.5 Å². The molecule has 2 rings (SSSR count). The topological polar surface area (TPSA) is 130 Å². The molecule has 0 saturated heterocycles. The molecule has 1 amide bonds. The third-order valence-electron chi connectivity index (χ3n) is 3.49. The number of aromatic nitrogens is 1. The van der Waals surface area contributed by atoms with Gasteiger partial charge in [-0.25, -0.2) is 4.98 Å². The number of hydrogen-bond acceptors (Lipinski definition) is 6. The van der Waals surface area contributed by atoms with Crippen molar-refractivity contribution >= 4 is 23.5 Å². The van der Waals surface area contributed by atoms with Crippen molar-refractivity contribution in [1.29, 1.82) is 10.5 Å². The molecule has 1 unspecified atom stereocenters. The highest BCUT2D eigenvalue weighted by molar-refractivity contribution is 8.00. The normalized spacial score (nSPS) is 12.0. The summed E-state index contributed by atoms with van der Waals surface area (Å²) in [5, 5.41) is 17.3. The van der Waals surface area contributed by atoms with Crippen LogP contribution in [0.5, 0.6) is 0 Å². The average molecular weight is 391 g/mol. The number of anilines is 1. The summed E-state index contributed by atoms with van der Waals surface area (Å²) < 4.78 is 38.8. The van der Waals surface area contributed by atoms with E-state index in [4.69, 9.17) is 16.7 Å². The van der Waals surface area contributed by atoms with Crippen molar-refractivity contribution in [3.05, 3.63) is 52.6 Å². The summed E-state index contributed by atoms with van der Waals surface area (Å²) in [6.45, 7) is 0. The largest absolute Gasteiger partial charge is 0.393 e. The van der Waals surface area contributed by atoms with Crippen molar-refractivity contribution in [3.63, 3.8) is 0 Å². The molecule has 138 valence electrons. The second kappa shape index (κ2) is 7.98. The molecule has 27 heavy (non-hydrogen) atoms. The van der Waals surface area contributed by atoms with E-state index in [1.54, 1.807) is 42.5 Å². The van der Waals surface area contributed by atoms with E-state index in [1.165, 1.54) is 0 Å². The molecular formula is C17H12F3N5OS. The van der Waals surface area contributed by atoms with Crippen molar-refractivity contribution < 1.29 is 18.0 Å². The number of nitrogens with two attached hydrogens (primary N) is 2. The molecule has 1 heterocycles. The highest BCUT2D eigenvalue weighted by Gasteiger charge is 2.33. The number of alkyl halides is 3. The third-order valence-corrected chi connectivity index (χ3v) is 4.75. The highest BCUT2D eigenvalue weighted by Crippen LogP contribution is 2.39. The van der Waals surface area contributed by atoms with Crippen LogP contribution in [0.25, 0.3) is 0 Å². The third kappa shape index (κ3) is 4.68. The Balaban J connectivity index is 2.61. The minimum atomic E-state index is -4.67. The summed E-state index contributed by atoms with van der Waals surface area (Å²) in [7, 11) is 0. The Labute approximate surface area is 156 Å². The standard InChI is InChI=1S/C17H12F3N5OS/c18-17(19,20)6-10-11(7-21)14(23)25-16(12(10)8-22)27-13(15(24)26)9-4-2-1-3-5-9/h1-5,13H,6H2,(H2,23,25)(H2,24,26). The quantitative estimate of drug-likeness (QED) is 0.754. The van der Waals surface area contributed by atoms with E-state index in [0.29, 0.717) is 17.3 Å². The fourth-order valence-corrected chi connectivity index (χ4v) is 3.43. The Morgan fingerprint density at radius 2 is 1.78 bits per heavy atom. The van der Waals surface area contributed by atoms with Crippen molar-refractivity contribution in [2.45, 2.75) is 22.9 Å². The lowest BCUT2D eigenvalue weighted by Crippen LogP contribution is -2.20. The lowest BCUT2D eigenvalue weighted by atomic mass is 10.0. The molecule has 0 saturated carbocycles. The molecule has 10 heteroatoms. The number of thioether (sulfide) groups is 1. The van der Waals surface area contributed by atoms with Gasteiger partial charge in [0.25, 0.3) is 0 Å². The zero-order chi connectivity index (χ0) is 20.2. The summed E-state index contributed by atoms with van der Waals surface area (Å²) >= 11 is 0.710. The van der Waals surface area contributed by atoms with Gasteiger partial charge in [-0.3, -0.25) is 4.79 Å². The molecule has 2 aromatic rings. The molecule has 0 fully saturated rings. The van der Waals surface area contributed by atoms with Gasteiger partial charge in [-0.15, -0.1) is 0 Å². The Morgan fingerprint density at radius 3 is 2.26 bits per heavy atom. The van der Waals surface area contributed by atoms with Crippen LogP contribution in [-0.4, -0.2) is 17.1 Å². The first kappa shape index (κ1) is 20.1. The summed E-state index contributed by atoms with van der Waals surface area (Å²) in [6.07, 6.45) is -6.19. The Morgan fingerprint density at radius 1 is 1.19 bits per heavy atom. The van der Waals surface area contributed by atoms with Gasteiger partial charge in [-0.05, 0) is 5.56 Å². The maximum atomic E-state index is 12.9. The summed E-state index contributed by atoms with van der Waals surface area (Å²) in [5.74, 6) is -1.22. The fourth-order valence-electron chi connectivity index (χ4n) is 2.36. The van der Waals surface area contributed by atoms with Crippen LogP contribution in [-0.2, 0) is 11.2 Å². The van der Waals surface area contributed by atoms with E-state index >= 15 is 0 Å². The first-order valence-corrected chi connectivity index (χ1v) is 8.26. The zero-order valence-corrected chi connectivity index (χ0v) is 14.4. The van der Waals surface area contributed by atoms with Crippen LogP contribution in [0.4, 0.5) is 19.0 Å². The van der Waals surface area contributed by atoms with Crippen LogP contribution in [0.15, 0.2) is 35.4 Å². The molecule has 1 aromatic heterocycles. The number of amides is 1. The number of nitrogens with zero attached hydrogens (tertiary/aromatic N) is 3. The number of rotatable bonds is 5. The lowest BCUT2D eigenvalue weighted by molar-refractivity contribution is -0.127. The van der Waals surface area contributed by atoms with Crippen molar-refractivity contribution in [2.75, 3.05) is 5.73 Å². The van der Waals surface area contributed by atoms with Crippen molar-refractivity contribution in [3.8, 4) is 12.1 Å². The van der Waals surface area contributed by atoms with Gasteiger partial charge in [-0.1, -0.05) is 42.1 Å². The predicted molar refractivity (Wildman–Crippen MR) is 92.1 cm³/mol. The van der Waals surface area contributed by atoms with Gasteiger partial charge in [-0.2, -0.15) is 23.7 Å². The number of halogens is 3. The average Bonchev–Trinajstić information content (AvgIpc) is 2.59. The summed E-state index contributed by atoms with van der Waals surface area (Å²) in [4.78, 5) is 15.7. The van der Waals surface area contributed by atoms with Crippen molar-refractivity contribution in [2.24, 2.45) is 5.73 Å². The number of pyridine rings is 1. The first-order chi connectivity index (χ1) is 12.7. The monoisotopic (exact) mass is 391 g/mol. The van der Waals surface area contributed by atoms with Crippen LogP contribution in [0.1, 0.15) is 27.5 Å². The van der Waals surface area contributed by atoms with Gasteiger partial charge in [0.15, 0.2) is 0 Å². The number of nitrogen functional groups attached to an aromatic ring is 1. The Kier molecular flexibility index (Phi) is 5.93. The minimum absolute atomic E-state index is 0.194. The maximum absolute atomic E-state index is 12.9. The summed E-state index contributed by atoms with van der Waals surface area (Å²) in [5.41, 5.74) is 9.99. The second-order valence-electron chi connectivity index (χ2n) is 5.36. The van der Waals surface area contributed by atoms with Crippen LogP contribution < -0.4 is 11.5 Å². The highest BCUT2D eigenvalue weighted by atomic mass is 32.2. The molecule has 4 N–H and O–H groups in total. The Hall–Kier alpha value is -3.24. The molecule has 1 aromatic carbocycles. The van der Waals surface area contributed by atoms with Gasteiger partial charge in [0, 0.05) is 5.56 Å². The van der Waals surface area contributed by atoms with Gasteiger partial charge in [0.1, 0.15) is 28.2 Å². The van der Waals surface area contributed by atoms with Crippen LogP contribution in [0.3, 0.4) is 0 Å².